The number of likely N-dealkylation sites (tertiary alicyclic amines) is 1. The number of piperidine rings is 1. The van der Waals surface area contributed by atoms with Gasteiger partial charge in [0.15, 0.2) is 0 Å². The van der Waals surface area contributed by atoms with Crippen molar-refractivity contribution < 1.29 is 32.7 Å². The fourth-order valence-electron chi connectivity index (χ4n) is 5.21. The number of aryl methyl sites for hydroxylation is 1. The van der Waals surface area contributed by atoms with Crippen LogP contribution in [0.25, 0.3) is 0 Å². The average molecular weight is 589 g/mol. The van der Waals surface area contributed by atoms with Gasteiger partial charge in [-0.3, -0.25) is 19.4 Å². The predicted octanol–water partition coefficient (Wildman–Crippen LogP) is 1.95. The second-order valence-corrected chi connectivity index (χ2v) is 11.4. The van der Waals surface area contributed by atoms with E-state index in [1.54, 1.807) is 30.3 Å². The first-order chi connectivity index (χ1) is 19.7. The van der Waals surface area contributed by atoms with Gasteiger partial charge < -0.3 is 21.1 Å². The molecule has 1 unspecified atom stereocenters. The lowest BCUT2D eigenvalue weighted by Crippen LogP contribution is -2.61. The third-order valence-corrected chi connectivity index (χ3v) is 7.48. The number of nitrogens with one attached hydrogen (secondary N) is 1. The number of halogens is 3. The summed E-state index contributed by atoms with van der Waals surface area (Å²) in [6.45, 7) is 1.27. The van der Waals surface area contributed by atoms with E-state index in [2.05, 4.69) is 15.4 Å². The lowest BCUT2D eigenvalue weighted by atomic mass is 9.74. The van der Waals surface area contributed by atoms with Crippen molar-refractivity contribution in [3.8, 4) is 0 Å². The monoisotopic (exact) mass is 588 g/mol. The first-order valence-electron chi connectivity index (χ1n) is 13.7. The highest BCUT2D eigenvalue weighted by molar-refractivity contribution is 6.13. The summed E-state index contributed by atoms with van der Waals surface area (Å²) in [5, 5.41) is 16.5. The summed E-state index contributed by atoms with van der Waals surface area (Å²) in [7, 11) is 0. The molecule has 0 spiro atoms. The molecule has 1 aromatic heterocycles. The molecule has 0 bridgehead atoms. The Morgan fingerprint density at radius 3 is 2.43 bits per heavy atom. The number of hydrogen-bond acceptors (Lipinski definition) is 7. The average Bonchev–Trinajstić information content (AvgIpc) is 3.19. The molecule has 226 valence electrons. The summed E-state index contributed by atoms with van der Waals surface area (Å²) in [5.74, 6) is -1.86. The van der Waals surface area contributed by atoms with Gasteiger partial charge >= 0.3 is 6.18 Å². The maximum Gasteiger partial charge on any atom is 0.408 e. The summed E-state index contributed by atoms with van der Waals surface area (Å²) in [4.78, 5) is 46.1. The molecule has 2 atom stereocenters. The van der Waals surface area contributed by atoms with E-state index in [9.17, 15) is 32.7 Å². The SMILES string of the molecule is CC(C)(N)C(=O)NC(CCc1ccc(CO)cc1)C(=O)N1CCC2=NN(CC(F)(F)F)C(=O)[C@]2(Cc2ccccn2)C1. The van der Waals surface area contributed by atoms with Gasteiger partial charge in [-0.1, -0.05) is 30.3 Å². The molecule has 42 heavy (non-hydrogen) atoms. The van der Waals surface area contributed by atoms with Crippen molar-refractivity contribution in [2.45, 2.75) is 63.9 Å². The summed E-state index contributed by atoms with van der Waals surface area (Å²) in [6.07, 6.45) is -2.47. The molecule has 0 aliphatic carbocycles. The molecule has 0 saturated carbocycles. The van der Waals surface area contributed by atoms with Crippen LogP contribution in [0.1, 0.15) is 43.5 Å². The summed E-state index contributed by atoms with van der Waals surface area (Å²) in [6, 6.07) is 11.2. The van der Waals surface area contributed by atoms with Crippen LogP contribution >= 0.6 is 0 Å². The molecule has 2 aromatic rings. The van der Waals surface area contributed by atoms with E-state index in [0.717, 1.165) is 11.1 Å². The van der Waals surface area contributed by atoms with E-state index < -0.39 is 47.4 Å². The number of carbonyl (C=O) groups excluding carboxylic acids is 3. The molecule has 1 fully saturated rings. The van der Waals surface area contributed by atoms with E-state index >= 15 is 0 Å². The second kappa shape index (κ2) is 12.2. The van der Waals surface area contributed by atoms with Gasteiger partial charge in [-0.15, -0.1) is 0 Å². The van der Waals surface area contributed by atoms with E-state index in [-0.39, 0.29) is 44.7 Å². The number of benzene rings is 1. The lowest BCUT2D eigenvalue weighted by molar-refractivity contribution is -0.164. The number of hydrazone groups is 1. The van der Waals surface area contributed by atoms with Crippen LogP contribution < -0.4 is 11.1 Å². The minimum Gasteiger partial charge on any atom is -0.392 e. The Balaban J connectivity index is 1.61. The molecule has 1 saturated heterocycles. The quantitative estimate of drug-likeness (QED) is 0.388. The van der Waals surface area contributed by atoms with Gasteiger partial charge in [-0.2, -0.15) is 18.3 Å². The Hall–Kier alpha value is -3.84. The minimum atomic E-state index is -4.66. The molecule has 4 rings (SSSR count). The van der Waals surface area contributed by atoms with Crippen molar-refractivity contribution in [3.63, 3.8) is 0 Å². The molecule has 3 heterocycles. The molecule has 0 radical (unpaired) electrons. The Bertz CT molecular complexity index is 1330. The van der Waals surface area contributed by atoms with Crippen LogP contribution in [-0.2, 0) is 33.8 Å². The number of alkyl halides is 3. The topological polar surface area (TPSA) is 141 Å². The molecule has 4 N–H and O–H groups in total. The largest absolute Gasteiger partial charge is 0.408 e. The fraction of sp³-hybridized carbons (Fsp3) is 0.483. The normalized spacial score (nSPS) is 19.8. The van der Waals surface area contributed by atoms with Gasteiger partial charge in [0.1, 0.15) is 18.0 Å². The Kier molecular flexibility index (Phi) is 9.02. The van der Waals surface area contributed by atoms with Gasteiger partial charge in [-0.25, -0.2) is 5.01 Å². The number of aliphatic hydroxyl groups is 1. The number of rotatable bonds is 10. The number of pyridine rings is 1. The van der Waals surface area contributed by atoms with E-state index in [4.69, 9.17) is 5.73 Å². The lowest BCUT2D eigenvalue weighted by Gasteiger charge is -2.40. The summed E-state index contributed by atoms with van der Waals surface area (Å²) < 4.78 is 39.9. The van der Waals surface area contributed by atoms with Crippen LogP contribution in [0.15, 0.2) is 53.8 Å². The fourth-order valence-corrected chi connectivity index (χ4v) is 5.21. The number of amides is 3. The highest BCUT2D eigenvalue weighted by atomic mass is 19.4. The molecule has 1 aromatic carbocycles. The van der Waals surface area contributed by atoms with Gasteiger partial charge in [-0.05, 0) is 49.9 Å². The van der Waals surface area contributed by atoms with Crippen LogP contribution in [0, 0.1) is 5.41 Å². The van der Waals surface area contributed by atoms with Crippen molar-refractivity contribution in [1.29, 1.82) is 0 Å². The van der Waals surface area contributed by atoms with Gasteiger partial charge in [0, 0.05) is 37.8 Å². The number of aliphatic hydroxyl groups excluding tert-OH is 1. The number of aromatic nitrogens is 1. The highest BCUT2D eigenvalue weighted by Gasteiger charge is 2.56. The molecule has 13 heteroatoms. The molecular weight excluding hydrogens is 553 g/mol. The predicted molar refractivity (Wildman–Crippen MR) is 148 cm³/mol. The Labute approximate surface area is 241 Å². The first-order valence-corrected chi connectivity index (χ1v) is 13.7. The third-order valence-electron chi connectivity index (χ3n) is 7.48. The number of fused-ring (bicyclic) bond motifs is 1. The molecular formula is C29H35F3N6O4. The van der Waals surface area contributed by atoms with Crippen molar-refractivity contribution in [2.75, 3.05) is 19.6 Å². The zero-order valence-electron chi connectivity index (χ0n) is 23.5. The van der Waals surface area contributed by atoms with Crippen molar-refractivity contribution >= 4 is 23.4 Å². The van der Waals surface area contributed by atoms with Crippen LogP contribution in [0.2, 0.25) is 0 Å². The Morgan fingerprint density at radius 2 is 1.83 bits per heavy atom. The number of carbonyl (C=O) groups is 3. The smallest absolute Gasteiger partial charge is 0.392 e. The maximum atomic E-state index is 14.0. The highest BCUT2D eigenvalue weighted by Crippen LogP contribution is 2.39. The first kappa shape index (κ1) is 31.1. The van der Waals surface area contributed by atoms with Crippen molar-refractivity contribution in [1.82, 2.24) is 20.2 Å². The van der Waals surface area contributed by atoms with Crippen LogP contribution in [0.4, 0.5) is 13.2 Å². The van der Waals surface area contributed by atoms with Crippen molar-refractivity contribution in [3.05, 3.63) is 65.5 Å². The number of nitrogens with two attached hydrogens (primary N) is 1. The zero-order chi connectivity index (χ0) is 30.7. The van der Waals surface area contributed by atoms with Gasteiger partial charge in [0.05, 0.1) is 17.9 Å². The van der Waals surface area contributed by atoms with Crippen LogP contribution in [-0.4, -0.2) is 80.8 Å². The maximum absolute atomic E-state index is 14.0. The van der Waals surface area contributed by atoms with E-state index in [0.29, 0.717) is 17.1 Å². The zero-order valence-corrected chi connectivity index (χ0v) is 23.5. The standard InChI is InChI=1S/C29H35F3N6O4/c1-27(2,33)25(41)35-22(11-10-19-6-8-20(16-39)9-7-19)24(40)37-14-12-23-28(17-37,15-21-5-3-4-13-34-21)26(42)38(36-23)18-29(30,31)32/h3-9,13,22,39H,10-12,14-18,33H2,1-2H3,(H,35,41)/t22?,28-/m1/s1. The minimum absolute atomic E-state index is 0.0340. The molecule has 10 nitrogen and oxygen atoms in total. The summed E-state index contributed by atoms with van der Waals surface area (Å²) >= 11 is 0. The number of nitrogens with zero attached hydrogens (tertiary/aromatic N) is 4. The molecule has 2 aliphatic heterocycles. The van der Waals surface area contributed by atoms with Crippen LogP contribution in [0.5, 0.6) is 0 Å². The van der Waals surface area contributed by atoms with Gasteiger partial charge in [0.2, 0.25) is 11.8 Å². The number of hydrogen-bond donors (Lipinski definition) is 3. The third kappa shape index (κ3) is 7.13. The van der Waals surface area contributed by atoms with Crippen LogP contribution in [0.3, 0.4) is 0 Å². The summed E-state index contributed by atoms with van der Waals surface area (Å²) in [5.41, 5.74) is 5.54. The second-order valence-electron chi connectivity index (χ2n) is 11.4. The van der Waals surface area contributed by atoms with E-state index in [1.165, 1.54) is 24.9 Å². The Morgan fingerprint density at radius 1 is 1.14 bits per heavy atom. The molecule has 2 aliphatic rings. The van der Waals surface area contributed by atoms with Crippen molar-refractivity contribution in [2.24, 2.45) is 16.3 Å². The van der Waals surface area contributed by atoms with E-state index in [1.807, 2.05) is 12.1 Å². The van der Waals surface area contributed by atoms with Gasteiger partial charge in [0.25, 0.3) is 5.91 Å². The molecule has 3 amide bonds.